The van der Waals surface area contributed by atoms with E-state index in [1.54, 1.807) is 6.92 Å². The van der Waals surface area contributed by atoms with Crippen molar-refractivity contribution in [1.82, 2.24) is 0 Å². The van der Waals surface area contributed by atoms with Gasteiger partial charge >= 0.3 is 14.8 Å². The molecule has 0 heterocycles. The Morgan fingerprint density at radius 3 is 1.54 bits per heavy atom. The SMILES string of the molecule is C=C(C)C(=O)OCCCOCCC[Si](Oc1ccccc1)(Oc1ccccc1)Oc1ccccc1. The van der Waals surface area contributed by atoms with Crippen molar-refractivity contribution in [2.45, 2.75) is 25.8 Å². The van der Waals surface area contributed by atoms with Gasteiger partial charge in [-0.15, -0.1) is 0 Å². The topological polar surface area (TPSA) is 63.2 Å². The zero-order valence-electron chi connectivity index (χ0n) is 20.1. The molecule has 0 fully saturated rings. The predicted molar refractivity (Wildman–Crippen MR) is 138 cm³/mol. The van der Waals surface area contributed by atoms with Gasteiger partial charge in [0, 0.05) is 25.2 Å². The van der Waals surface area contributed by atoms with Gasteiger partial charge in [-0.25, -0.2) is 4.79 Å². The van der Waals surface area contributed by atoms with Crippen LogP contribution in [0.15, 0.2) is 103 Å². The van der Waals surface area contributed by atoms with Crippen molar-refractivity contribution >= 4 is 14.8 Å². The molecule has 3 aromatic rings. The van der Waals surface area contributed by atoms with E-state index < -0.39 is 8.80 Å². The van der Waals surface area contributed by atoms with E-state index in [4.69, 9.17) is 22.8 Å². The van der Waals surface area contributed by atoms with Crippen molar-refractivity contribution in [1.29, 1.82) is 0 Å². The molecule has 0 N–H and O–H groups in total. The van der Waals surface area contributed by atoms with E-state index in [9.17, 15) is 4.79 Å². The molecule has 7 heteroatoms. The second kappa shape index (κ2) is 14.0. The average Bonchev–Trinajstić information content (AvgIpc) is 2.87. The number of ether oxygens (including phenoxy) is 2. The quantitative estimate of drug-likeness (QED) is 0.111. The smallest absolute Gasteiger partial charge is 0.483 e. The Labute approximate surface area is 208 Å². The molecule has 0 bridgehead atoms. The molecule has 0 aliphatic heterocycles. The molecule has 0 aliphatic carbocycles. The lowest BCUT2D eigenvalue weighted by Gasteiger charge is -2.30. The van der Waals surface area contributed by atoms with Crippen molar-refractivity contribution in [3.63, 3.8) is 0 Å². The van der Waals surface area contributed by atoms with Crippen LogP contribution < -0.4 is 13.3 Å². The molecule has 0 radical (unpaired) electrons. The van der Waals surface area contributed by atoms with E-state index in [0.29, 0.717) is 61.5 Å². The molecule has 0 atom stereocenters. The summed E-state index contributed by atoms with van der Waals surface area (Å²) in [5, 5.41) is 0. The fourth-order valence-electron chi connectivity index (χ4n) is 3.16. The zero-order chi connectivity index (χ0) is 24.8. The normalized spacial score (nSPS) is 10.9. The van der Waals surface area contributed by atoms with E-state index in [-0.39, 0.29) is 5.97 Å². The largest absolute Gasteiger partial charge is 0.699 e. The first-order chi connectivity index (χ1) is 17.1. The van der Waals surface area contributed by atoms with Gasteiger partial charge in [-0.05, 0) is 49.7 Å². The van der Waals surface area contributed by atoms with Gasteiger partial charge in [-0.2, -0.15) is 0 Å². The number of hydrogen-bond acceptors (Lipinski definition) is 6. The molecule has 0 aromatic heterocycles. The Hall–Kier alpha value is -3.55. The molecule has 6 nitrogen and oxygen atoms in total. The van der Waals surface area contributed by atoms with E-state index in [2.05, 4.69) is 6.58 Å². The summed E-state index contributed by atoms with van der Waals surface area (Å²) < 4.78 is 30.3. The lowest BCUT2D eigenvalue weighted by molar-refractivity contribution is -0.139. The number of rotatable bonds is 15. The summed E-state index contributed by atoms with van der Waals surface area (Å²) >= 11 is 0. The summed E-state index contributed by atoms with van der Waals surface area (Å²) in [6, 6.07) is 29.2. The Kier molecular flexibility index (Phi) is 10.4. The number of carbonyl (C=O) groups is 1. The zero-order valence-corrected chi connectivity index (χ0v) is 21.1. The highest BCUT2D eigenvalue weighted by molar-refractivity contribution is 6.63. The first kappa shape index (κ1) is 26.1. The van der Waals surface area contributed by atoms with Crippen molar-refractivity contribution in [3.8, 4) is 17.2 Å². The molecule has 0 saturated carbocycles. The third kappa shape index (κ3) is 9.31. The maximum Gasteiger partial charge on any atom is 0.699 e. The molecule has 184 valence electrons. The predicted octanol–water partition coefficient (Wildman–Crippen LogP) is 6.08. The van der Waals surface area contributed by atoms with Gasteiger partial charge in [-0.1, -0.05) is 61.2 Å². The summed E-state index contributed by atoms with van der Waals surface area (Å²) in [5.74, 6) is 1.68. The maximum absolute atomic E-state index is 11.4. The Balaban J connectivity index is 1.65. The first-order valence-electron chi connectivity index (χ1n) is 11.7. The van der Waals surface area contributed by atoms with Crippen LogP contribution in [0.5, 0.6) is 17.2 Å². The van der Waals surface area contributed by atoms with E-state index in [1.165, 1.54) is 0 Å². The van der Waals surface area contributed by atoms with Crippen LogP contribution in [0.3, 0.4) is 0 Å². The second-order valence-corrected chi connectivity index (χ2v) is 10.4. The van der Waals surface area contributed by atoms with Crippen LogP contribution in [0.2, 0.25) is 6.04 Å². The van der Waals surface area contributed by atoms with E-state index in [0.717, 1.165) is 0 Å². The van der Waals surface area contributed by atoms with Crippen molar-refractivity contribution in [3.05, 3.63) is 103 Å². The Morgan fingerprint density at radius 1 is 0.686 bits per heavy atom. The number of para-hydroxylation sites is 3. The summed E-state index contributed by atoms with van der Waals surface area (Å²) in [6.07, 6.45) is 1.29. The fourth-order valence-corrected chi connectivity index (χ4v) is 5.66. The number of hydrogen-bond donors (Lipinski definition) is 0. The van der Waals surface area contributed by atoms with Gasteiger partial charge in [0.15, 0.2) is 0 Å². The lowest BCUT2D eigenvalue weighted by Crippen LogP contribution is -2.55. The molecular weight excluding hydrogens is 460 g/mol. The van der Waals surface area contributed by atoms with Crippen LogP contribution in [-0.2, 0) is 14.3 Å². The summed E-state index contributed by atoms with van der Waals surface area (Å²) in [5.41, 5.74) is 0.391. The average molecular weight is 493 g/mol. The van der Waals surface area contributed by atoms with Gasteiger partial charge in [0.2, 0.25) is 0 Å². The lowest BCUT2D eigenvalue weighted by atomic mass is 10.3. The van der Waals surface area contributed by atoms with E-state index in [1.807, 2.05) is 91.0 Å². The third-order valence-electron chi connectivity index (χ3n) is 4.84. The monoisotopic (exact) mass is 492 g/mol. The number of esters is 1. The highest BCUT2D eigenvalue weighted by Gasteiger charge is 2.48. The fraction of sp³-hybridized carbons (Fsp3) is 0.250. The van der Waals surface area contributed by atoms with Gasteiger partial charge in [-0.3, -0.25) is 0 Å². The van der Waals surface area contributed by atoms with Gasteiger partial charge in [0.25, 0.3) is 0 Å². The minimum Gasteiger partial charge on any atom is -0.483 e. The van der Waals surface area contributed by atoms with Gasteiger partial charge in [0.1, 0.15) is 17.2 Å². The third-order valence-corrected chi connectivity index (χ3v) is 7.44. The van der Waals surface area contributed by atoms with Crippen LogP contribution in [0.1, 0.15) is 19.8 Å². The highest BCUT2D eigenvalue weighted by atomic mass is 28.4. The first-order valence-corrected chi connectivity index (χ1v) is 13.6. The van der Waals surface area contributed by atoms with Gasteiger partial charge in [0.05, 0.1) is 12.7 Å². The number of carbonyl (C=O) groups excluding carboxylic acids is 1. The van der Waals surface area contributed by atoms with Gasteiger partial charge < -0.3 is 22.8 Å². The highest BCUT2D eigenvalue weighted by Crippen LogP contribution is 2.27. The molecule has 35 heavy (non-hydrogen) atoms. The standard InChI is InChI=1S/C28H32O6Si/c1-24(2)28(29)31-22-12-20-30-21-13-23-35(32-25-14-6-3-7-15-25,33-26-16-8-4-9-17-26)34-27-18-10-5-11-19-27/h3-11,14-19H,1,12-13,20-23H2,2H3. The van der Waals surface area contributed by atoms with Crippen LogP contribution in [0, 0.1) is 0 Å². The van der Waals surface area contributed by atoms with Crippen molar-refractivity contribution in [2.24, 2.45) is 0 Å². The summed E-state index contributed by atoms with van der Waals surface area (Å²) in [4.78, 5) is 11.4. The van der Waals surface area contributed by atoms with Crippen molar-refractivity contribution < 1.29 is 27.5 Å². The summed E-state index contributed by atoms with van der Waals surface area (Å²) in [7, 11) is -3.28. The van der Waals surface area contributed by atoms with Crippen LogP contribution in [-0.4, -0.2) is 34.6 Å². The Morgan fingerprint density at radius 2 is 1.11 bits per heavy atom. The minimum atomic E-state index is -3.28. The molecule has 3 aromatic carbocycles. The summed E-state index contributed by atoms with van der Waals surface area (Å²) in [6.45, 7) is 6.48. The number of benzene rings is 3. The minimum absolute atomic E-state index is 0.301. The molecular formula is C28H32O6Si. The molecule has 0 amide bonds. The van der Waals surface area contributed by atoms with Crippen LogP contribution in [0.4, 0.5) is 0 Å². The maximum atomic E-state index is 11.4. The van der Waals surface area contributed by atoms with E-state index >= 15 is 0 Å². The molecule has 0 spiro atoms. The van der Waals surface area contributed by atoms with Crippen molar-refractivity contribution in [2.75, 3.05) is 19.8 Å². The Bertz CT molecular complexity index is 926. The van der Waals surface area contributed by atoms with Crippen LogP contribution in [0.25, 0.3) is 0 Å². The van der Waals surface area contributed by atoms with Crippen LogP contribution >= 0.6 is 0 Å². The molecule has 0 aliphatic rings. The second-order valence-electron chi connectivity index (χ2n) is 7.91. The molecule has 0 unspecified atom stereocenters. The molecule has 0 saturated heterocycles. The molecule has 3 rings (SSSR count).